The first-order valence-corrected chi connectivity index (χ1v) is 12.0. The van der Waals surface area contributed by atoms with Crippen LogP contribution in [0.5, 0.6) is 23.0 Å². The summed E-state index contributed by atoms with van der Waals surface area (Å²) < 4.78 is 22.6. The zero-order valence-corrected chi connectivity index (χ0v) is 21.7. The first-order valence-electron chi connectivity index (χ1n) is 10.9. The first-order chi connectivity index (χ1) is 16.3. The summed E-state index contributed by atoms with van der Waals surface area (Å²) in [7, 11) is 1.57. The number of amides is 2. The van der Waals surface area contributed by atoms with Crippen molar-refractivity contribution >= 4 is 40.6 Å². The lowest BCUT2D eigenvalue weighted by molar-refractivity contribution is -0.123. The molecule has 0 saturated heterocycles. The van der Waals surface area contributed by atoms with E-state index in [0.29, 0.717) is 35.2 Å². The molecule has 1 aliphatic rings. The van der Waals surface area contributed by atoms with E-state index in [9.17, 15) is 9.59 Å². The summed E-state index contributed by atoms with van der Waals surface area (Å²) in [5.41, 5.74) is 3.62. The lowest BCUT2D eigenvalue weighted by Gasteiger charge is -2.20. The van der Waals surface area contributed by atoms with Gasteiger partial charge in [0, 0.05) is 5.56 Å². The van der Waals surface area contributed by atoms with E-state index in [4.69, 9.17) is 18.9 Å². The van der Waals surface area contributed by atoms with Gasteiger partial charge in [-0.1, -0.05) is 20.8 Å². The summed E-state index contributed by atoms with van der Waals surface area (Å²) in [6, 6.07) is 7.76. The molecule has 0 spiro atoms. The predicted octanol–water partition coefficient (Wildman–Crippen LogP) is 3.72. The highest BCUT2D eigenvalue weighted by molar-refractivity contribution is 14.1. The zero-order chi connectivity index (χ0) is 24.7. The Morgan fingerprint density at radius 1 is 1.21 bits per heavy atom. The number of halogens is 1. The maximum Gasteiger partial charge on any atom is 0.262 e. The standard InChI is InChI=1S/C24H28IN3O6/c1-5-8-32-22-17(25)9-15(10-20(22)31-4)12-26-28-24(30)21(14(2)3)27-23(29)16-6-7-18-19(11-16)34-13-33-18/h6-7,9-12,14,21H,5,8,13H2,1-4H3,(H,27,29)(H,28,30). The highest BCUT2D eigenvalue weighted by Crippen LogP contribution is 2.34. The Hall–Kier alpha value is -3.02. The molecule has 2 N–H and O–H groups in total. The number of fused-ring (bicyclic) bond motifs is 1. The Morgan fingerprint density at radius 2 is 1.97 bits per heavy atom. The summed E-state index contributed by atoms with van der Waals surface area (Å²) in [4.78, 5) is 25.5. The van der Waals surface area contributed by atoms with Gasteiger partial charge in [0.15, 0.2) is 23.0 Å². The molecule has 0 radical (unpaired) electrons. The third kappa shape index (κ3) is 6.31. The van der Waals surface area contributed by atoms with E-state index in [1.807, 2.05) is 26.8 Å². The van der Waals surface area contributed by atoms with E-state index in [-0.39, 0.29) is 12.7 Å². The van der Waals surface area contributed by atoms with Crippen LogP contribution in [0.3, 0.4) is 0 Å². The largest absolute Gasteiger partial charge is 0.493 e. The number of methoxy groups -OCH3 is 1. The van der Waals surface area contributed by atoms with Crippen molar-refractivity contribution in [3.8, 4) is 23.0 Å². The van der Waals surface area contributed by atoms with Crippen molar-refractivity contribution in [2.24, 2.45) is 11.0 Å². The van der Waals surface area contributed by atoms with E-state index >= 15 is 0 Å². The molecular weight excluding hydrogens is 553 g/mol. The number of hydrazone groups is 1. The van der Waals surface area contributed by atoms with Gasteiger partial charge in [0.1, 0.15) is 6.04 Å². The second-order valence-corrected chi connectivity index (χ2v) is 9.04. The van der Waals surface area contributed by atoms with Crippen LogP contribution in [0.25, 0.3) is 0 Å². The molecule has 2 amide bonds. The highest BCUT2D eigenvalue weighted by Gasteiger charge is 2.25. The van der Waals surface area contributed by atoms with Crippen molar-refractivity contribution in [2.45, 2.75) is 33.2 Å². The van der Waals surface area contributed by atoms with Crippen LogP contribution in [0.15, 0.2) is 35.4 Å². The van der Waals surface area contributed by atoms with Crippen molar-refractivity contribution in [3.05, 3.63) is 45.0 Å². The van der Waals surface area contributed by atoms with Gasteiger partial charge in [-0.05, 0) is 70.8 Å². The fourth-order valence-electron chi connectivity index (χ4n) is 3.20. The summed E-state index contributed by atoms with van der Waals surface area (Å²) in [5, 5.41) is 6.84. The topological polar surface area (TPSA) is 107 Å². The fraction of sp³-hybridized carbons (Fsp3) is 0.375. The average molecular weight is 581 g/mol. The molecule has 3 rings (SSSR count). The Morgan fingerprint density at radius 3 is 2.68 bits per heavy atom. The second kappa shape index (κ2) is 11.9. The molecule has 2 aromatic carbocycles. The van der Waals surface area contributed by atoms with E-state index in [1.165, 1.54) is 6.21 Å². The summed E-state index contributed by atoms with van der Waals surface area (Å²) in [6.45, 7) is 6.43. The minimum atomic E-state index is -0.783. The zero-order valence-electron chi connectivity index (χ0n) is 19.5. The lowest BCUT2D eigenvalue weighted by Crippen LogP contribution is -2.48. The van der Waals surface area contributed by atoms with Crippen molar-refractivity contribution in [1.29, 1.82) is 0 Å². The van der Waals surface area contributed by atoms with Crippen molar-refractivity contribution < 1.29 is 28.5 Å². The third-order valence-corrected chi connectivity index (χ3v) is 5.76. The molecule has 0 bridgehead atoms. The second-order valence-electron chi connectivity index (χ2n) is 7.88. The van der Waals surface area contributed by atoms with E-state index in [2.05, 4.69) is 38.4 Å². The van der Waals surface area contributed by atoms with Crippen LogP contribution in [-0.2, 0) is 4.79 Å². The molecule has 0 saturated carbocycles. The molecule has 10 heteroatoms. The van der Waals surface area contributed by atoms with E-state index in [0.717, 1.165) is 15.6 Å². The van der Waals surface area contributed by atoms with Crippen LogP contribution in [0.1, 0.15) is 43.1 Å². The molecule has 0 fully saturated rings. The number of hydrogen-bond acceptors (Lipinski definition) is 7. The minimum Gasteiger partial charge on any atom is -0.493 e. The van der Waals surface area contributed by atoms with Crippen molar-refractivity contribution in [2.75, 3.05) is 20.5 Å². The maximum absolute atomic E-state index is 12.8. The number of rotatable bonds is 10. The summed E-state index contributed by atoms with van der Waals surface area (Å²) >= 11 is 2.17. The van der Waals surface area contributed by atoms with E-state index in [1.54, 1.807) is 31.4 Å². The van der Waals surface area contributed by atoms with Gasteiger partial charge in [0.25, 0.3) is 11.8 Å². The number of nitrogens with one attached hydrogen (secondary N) is 2. The summed E-state index contributed by atoms with van der Waals surface area (Å²) in [6.07, 6.45) is 2.40. The Balaban J connectivity index is 1.65. The van der Waals surface area contributed by atoms with Crippen LogP contribution in [0.4, 0.5) is 0 Å². The average Bonchev–Trinajstić information content (AvgIpc) is 3.29. The van der Waals surface area contributed by atoms with Crippen molar-refractivity contribution in [1.82, 2.24) is 10.7 Å². The fourth-order valence-corrected chi connectivity index (χ4v) is 3.98. The van der Waals surface area contributed by atoms with Gasteiger partial charge in [-0.3, -0.25) is 9.59 Å². The number of hydrogen-bond donors (Lipinski definition) is 2. The lowest BCUT2D eigenvalue weighted by atomic mass is 10.0. The van der Waals surface area contributed by atoms with Gasteiger partial charge in [-0.25, -0.2) is 5.43 Å². The number of carbonyl (C=O) groups is 2. The molecular formula is C24H28IN3O6. The number of benzene rings is 2. The Labute approximate surface area is 212 Å². The molecule has 1 atom stereocenters. The molecule has 1 heterocycles. The van der Waals surface area contributed by atoms with Gasteiger partial charge in [0.2, 0.25) is 6.79 Å². The van der Waals surface area contributed by atoms with Crippen LogP contribution < -0.4 is 29.7 Å². The predicted molar refractivity (Wildman–Crippen MR) is 136 cm³/mol. The Bertz CT molecular complexity index is 1070. The van der Waals surface area contributed by atoms with Gasteiger partial charge in [-0.2, -0.15) is 5.10 Å². The van der Waals surface area contributed by atoms with Crippen LogP contribution in [0, 0.1) is 9.49 Å². The third-order valence-electron chi connectivity index (χ3n) is 4.96. The smallest absolute Gasteiger partial charge is 0.262 e. The van der Waals surface area contributed by atoms with Crippen molar-refractivity contribution in [3.63, 3.8) is 0 Å². The first kappa shape index (κ1) is 25.6. The van der Waals surface area contributed by atoms with Gasteiger partial charge < -0.3 is 24.3 Å². The SMILES string of the molecule is CCCOc1c(I)cc(C=NNC(=O)C(NC(=O)c2ccc3c(c2)OCO3)C(C)C)cc1OC. The van der Waals surface area contributed by atoms with E-state index < -0.39 is 17.9 Å². The monoisotopic (exact) mass is 581 g/mol. The van der Waals surface area contributed by atoms with Gasteiger partial charge in [0.05, 0.1) is 23.5 Å². The van der Waals surface area contributed by atoms with Gasteiger partial charge >= 0.3 is 0 Å². The van der Waals surface area contributed by atoms with Crippen LogP contribution in [0.2, 0.25) is 0 Å². The molecule has 182 valence electrons. The number of carbonyl (C=O) groups excluding carboxylic acids is 2. The normalized spacial score (nSPS) is 13.1. The van der Waals surface area contributed by atoms with Crippen LogP contribution in [-0.4, -0.2) is 44.6 Å². The highest BCUT2D eigenvalue weighted by atomic mass is 127. The molecule has 1 unspecified atom stereocenters. The Kier molecular flexibility index (Phi) is 8.97. The maximum atomic E-state index is 12.8. The quantitative estimate of drug-likeness (QED) is 0.252. The number of ether oxygens (including phenoxy) is 4. The molecule has 0 aliphatic carbocycles. The number of nitrogens with zero attached hydrogens (tertiary/aromatic N) is 1. The summed E-state index contributed by atoms with van der Waals surface area (Å²) in [5.74, 6) is 1.37. The van der Waals surface area contributed by atoms with Crippen LogP contribution >= 0.6 is 22.6 Å². The minimum absolute atomic E-state index is 0.120. The molecule has 34 heavy (non-hydrogen) atoms. The molecule has 9 nitrogen and oxygen atoms in total. The van der Waals surface area contributed by atoms with Gasteiger partial charge in [-0.15, -0.1) is 0 Å². The molecule has 0 aromatic heterocycles. The molecule has 1 aliphatic heterocycles. The molecule has 2 aromatic rings.